The zero-order valence-electron chi connectivity index (χ0n) is 11.9. The van der Waals surface area contributed by atoms with Crippen LogP contribution in [0.3, 0.4) is 0 Å². The first-order chi connectivity index (χ1) is 10.1. The molecule has 1 amide bonds. The van der Waals surface area contributed by atoms with E-state index in [1.54, 1.807) is 18.1 Å². The molecule has 0 aliphatic carbocycles. The Morgan fingerprint density at radius 2 is 2.19 bits per heavy atom. The highest BCUT2D eigenvalue weighted by molar-refractivity contribution is 5.95. The Kier molecular flexibility index (Phi) is 5.30. The van der Waals surface area contributed by atoms with Crippen molar-refractivity contribution in [3.8, 4) is 0 Å². The van der Waals surface area contributed by atoms with Crippen LogP contribution in [0.25, 0.3) is 0 Å². The number of benzene rings is 1. The van der Waals surface area contributed by atoms with Crippen LogP contribution in [-0.2, 0) is 20.9 Å². The summed E-state index contributed by atoms with van der Waals surface area (Å²) in [5.41, 5.74) is 1.42. The van der Waals surface area contributed by atoms with Gasteiger partial charge in [0.15, 0.2) is 0 Å². The van der Waals surface area contributed by atoms with Gasteiger partial charge in [-0.15, -0.1) is 0 Å². The molecule has 0 saturated carbocycles. The number of rotatable bonds is 5. The molecule has 114 valence electrons. The predicted molar refractivity (Wildman–Crippen MR) is 75.1 cm³/mol. The third kappa shape index (κ3) is 4.03. The van der Waals surface area contributed by atoms with E-state index < -0.39 is 12.1 Å². The van der Waals surface area contributed by atoms with E-state index in [-0.39, 0.29) is 12.3 Å². The number of methoxy groups -OCH3 is 1. The molecule has 0 radical (unpaired) electrons. The first-order valence-corrected chi connectivity index (χ1v) is 6.81. The van der Waals surface area contributed by atoms with Crippen molar-refractivity contribution in [1.29, 1.82) is 0 Å². The minimum atomic E-state index is -0.922. The number of carbonyl (C=O) groups is 2. The van der Waals surface area contributed by atoms with Crippen LogP contribution in [0.15, 0.2) is 24.3 Å². The lowest BCUT2D eigenvalue weighted by Crippen LogP contribution is -2.46. The molecule has 1 atom stereocenters. The number of morpholine rings is 1. The van der Waals surface area contributed by atoms with E-state index in [1.807, 2.05) is 18.2 Å². The smallest absolute Gasteiger partial charge is 0.306 e. The number of carboxylic acid groups (broad SMARTS) is 1. The topological polar surface area (TPSA) is 76.1 Å². The van der Waals surface area contributed by atoms with Crippen LogP contribution in [-0.4, -0.2) is 54.8 Å². The van der Waals surface area contributed by atoms with Gasteiger partial charge in [-0.3, -0.25) is 9.59 Å². The van der Waals surface area contributed by atoms with E-state index in [0.29, 0.717) is 31.9 Å². The van der Waals surface area contributed by atoms with Gasteiger partial charge in [-0.05, 0) is 11.6 Å². The van der Waals surface area contributed by atoms with Gasteiger partial charge in [0.05, 0.1) is 25.7 Å². The molecule has 0 spiro atoms. The Bertz CT molecular complexity index is 517. The first-order valence-electron chi connectivity index (χ1n) is 6.81. The van der Waals surface area contributed by atoms with E-state index in [9.17, 15) is 9.59 Å². The first kappa shape index (κ1) is 15.5. The molecular formula is C15H19NO5. The average molecular weight is 293 g/mol. The number of carboxylic acids is 1. The average Bonchev–Trinajstić information content (AvgIpc) is 2.47. The molecule has 6 heteroatoms. The number of nitrogens with zero attached hydrogens (tertiary/aromatic N) is 1. The lowest BCUT2D eigenvalue weighted by molar-refractivity contribution is -0.141. The van der Waals surface area contributed by atoms with Crippen molar-refractivity contribution in [2.75, 3.05) is 26.8 Å². The number of hydrogen-bond acceptors (Lipinski definition) is 4. The molecule has 1 heterocycles. The number of carbonyl (C=O) groups excluding carboxylic acids is 1. The monoisotopic (exact) mass is 293 g/mol. The summed E-state index contributed by atoms with van der Waals surface area (Å²) in [7, 11) is 1.58. The molecule has 1 aromatic carbocycles. The second kappa shape index (κ2) is 7.19. The zero-order valence-corrected chi connectivity index (χ0v) is 11.9. The highest BCUT2D eigenvalue weighted by Gasteiger charge is 2.27. The van der Waals surface area contributed by atoms with Crippen LogP contribution in [0.1, 0.15) is 22.3 Å². The number of amides is 1. The Hall–Kier alpha value is -1.92. The summed E-state index contributed by atoms with van der Waals surface area (Å²) in [6.07, 6.45) is -0.543. The molecular weight excluding hydrogens is 274 g/mol. The predicted octanol–water partition coefficient (Wildman–Crippen LogP) is 1.15. The highest BCUT2D eigenvalue weighted by Crippen LogP contribution is 2.16. The van der Waals surface area contributed by atoms with Crippen LogP contribution in [0.4, 0.5) is 0 Å². The van der Waals surface area contributed by atoms with Crippen molar-refractivity contribution in [3.05, 3.63) is 35.4 Å². The van der Waals surface area contributed by atoms with Crippen molar-refractivity contribution in [2.24, 2.45) is 0 Å². The SMILES string of the molecule is COCc1ccccc1C(=O)N1CCOC(CC(=O)O)C1. The van der Waals surface area contributed by atoms with Crippen LogP contribution in [0.2, 0.25) is 0 Å². The molecule has 6 nitrogen and oxygen atoms in total. The van der Waals surface area contributed by atoms with Gasteiger partial charge in [-0.1, -0.05) is 18.2 Å². The van der Waals surface area contributed by atoms with Crippen LogP contribution < -0.4 is 0 Å². The summed E-state index contributed by atoms with van der Waals surface area (Å²) in [6, 6.07) is 7.28. The summed E-state index contributed by atoms with van der Waals surface area (Å²) >= 11 is 0. The number of ether oxygens (including phenoxy) is 2. The molecule has 0 aromatic heterocycles. The van der Waals surface area contributed by atoms with Crippen molar-refractivity contribution in [3.63, 3.8) is 0 Å². The summed E-state index contributed by atoms with van der Waals surface area (Å²) in [6.45, 7) is 1.49. The van der Waals surface area contributed by atoms with Gasteiger partial charge < -0.3 is 19.5 Å². The molecule has 1 fully saturated rings. The van der Waals surface area contributed by atoms with Crippen LogP contribution in [0.5, 0.6) is 0 Å². The maximum absolute atomic E-state index is 12.6. The molecule has 1 N–H and O–H groups in total. The fraction of sp³-hybridized carbons (Fsp3) is 0.467. The number of hydrogen-bond donors (Lipinski definition) is 1. The van der Waals surface area contributed by atoms with Crippen molar-refractivity contribution >= 4 is 11.9 Å². The van der Waals surface area contributed by atoms with Gasteiger partial charge in [0.2, 0.25) is 0 Å². The van der Waals surface area contributed by atoms with E-state index >= 15 is 0 Å². The van der Waals surface area contributed by atoms with E-state index in [4.69, 9.17) is 14.6 Å². The summed E-state index contributed by atoms with van der Waals surface area (Å²) in [5, 5.41) is 8.82. The molecule has 1 unspecified atom stereocenters. The van der Waals surface area contributed by atoms with Crippen molar-refractivity contribution < 1.29 is 24.2 Å². The van der Waals surface area contributed by atoms with E-state index in [0.717, 1.165) is 5.56 Å². The Morgan fingerprint density at radius 1 is 1.43 bits per heavy atom. The van der Waals surface area contributed by atoms with Gasteiger partial charge >= 0.3 is 5.97 Å². The van der Waals surface area contributed by atoms with Crippen LogP contribution >= 0.6 is 0 Å². The lowest BCUT2D eigenvalue weighted by atomic mass is 10.1. The molecule has 1 aliphatic heterocycles. The fourth-order valence-electron chi connectivity index (χ4n) is 2.40. The lowest BCUT2D eigenvalue weighted by Gasteiger charge is -2.32. The van der Waals surface area contributed by atoms with Gasteiger partial charge in [0.1, 0.15) is 0 Å². The molecule has 21 heavy (non-hydrogen) atoms. The van der Waals surface area contributed by atoms with Gasteiger partial charge in [-0.25, -0.2) is 0 Å². The standard InChI is InChI=1S/C15H19NO5/c1-20-10-11-4-2-3-5-13(11)15(19)16-6-7-21-12(9-16)8-14(17)18/h2-5,12H,6-10H2,1H3,(H,17,18). The van der Waals surface area contributed by atoms with Gasteiger partial charge in [0, 0.05) is 25.8 Å². The summed E-state index contributed by atoms with van der Waals surface area (Å²) in [5.74, 6) is -1.03. The maximum Gasteiger partial charge on any atom is 0.306 e. The maximum atomic E-state index is 12.6. The van der Waals surface area contributed by atoms with Crippen molar-refractivity contribution in [2.45, 2.75) is 19.1 Å². The normalized spacial score (nSPS) is 18.5. The molecule has 2 rings (SSSR count). The molecule has 1 aliphatic rings. The minimum absolute atomic E-state index is 0.0938. The molecule has 1 aromatic rings. The van der Waals surface area contributed by atoms with Gasteiger partial charge in [-0.2, -0.15) is 0 Å². The quantitative estimate of drug-likeness (QED) is 0.881. The Morgan fingerprint density at radius 3 is 2.90 bits per heavy atom. The second-order valence-corrected chi connectivity index (χ2v) is 4.93. The second-order valence-electron chi connectivity index (χ2n) is 4.93. The molecule has 1 saturated heterocycles. The zero-order chi connectivity index (χ0) is 15.2. The third-order valence-electron chi connectivity index (χ3n) is 3.38. The fourth-order valence-corrected chi connectivity index (χ4v) is 2.40. The van der Waals surface area contributed by atoms with Crippen molar-refractivity contribution in [1.82, 2.24) is 4.90 Å². The minimum Gasteiger partial charge on any atom is -0.481 e. The Balaban J connectivity index is 2.10. The summed E-state index contributed by atoms with van der Waals surface area (Å²) < 4.78 is 10.5. The van der Waals surface area contributed by atoms with Crippen LogP contribution in [0, 0.1) is 0 Å². The van der Waals surface area contributed by atoms with E-state index in [2.05, 4.69) is 0 Å². The third-order valence-corrected chi connectivity index (χ3v) is 3.38. The van der Waals surface area contributed by atoms with E-state index in [1.165, 1.54) is 0 Å². The largest absolute Gasteiger partial charge is 0.481 e. The molecule has 0 bridgehead atoms. The highest BCUT2D eigenvalue weighted by atomic mass is 16.5. The number of aliphatic carboxylic acids is 1. The van der Waals surface area contributed by atoms with Gasteiger partial charge in [0.25, 0.3) is 5.91 Å². The Labute approximate surface area is 123 Å². The summed E-state index contributed by atoms with van der Waals surface area (Å²) in [4.78, 5) is 25.0.